The van der Waals surface area contributed by atoms with Gasteiger partial charge in [0.25, 0.3) is 0 Å². The summed E-state index contributed by atoms with van der Waals surface area (Å²) in [5.74, 6) is -0.587. The Morgan fingerprint density at radius 3 is 1.24 bits per heavy atom. The molecule has 0 aliphatic heterocycles. The quantitative estimate of drug-likeness (QED) is 0.0320. The summed E-state index contributed by atoms with van der Waals surface area (Å²) in [5.41, 5.74) is 0. The van der Waals surface area contributed by atoms with Crippen LogP contribution in [0.15, 0.2) is 24.3 Å². The number of carbonyl (C=O) groups is 1. The molecule has 0 saturated heterocycles. The van der Waals surface area contributed by atoms with E-state index < -0.39 is 36.9 Å². The van der Waals surface area contributed by atoms with E-state index in [1.165, 1.54) is 154 Å². The van der Waals surface area contributed by atoms with Gasteiger partial charge in [-0.25, -0.2) is 0 Å². The van der Waals surface area contributed by atoms with Gasteiger partial charge in [-0.2, -0.15) is 0 Å². The van der Waals surface area contributed by atoms with Crippen molar-refractivity contribution in [3.8, 4) is 0 Å². The fraction of sp³-hybridized carbons (Fsp3) is 0.889. The Morgan fingerprint density at radius 1 is 0.490 bits per heavy atom. The molecule has 0 fully saturated rings. The normalized spacial score (nSPS) is 14.4. The topological polar surface area (TPSA) is 110 Å². The molecule has 0 aliphatic carbocycles. The Hall–Kier alpha value is -1.21. The molecule has 5 N–H and O–H groups in total. The molecule has 6 heteroatoms. The molecular weight excluding hydrogens is 634 g/mol. The molecule has 302 valence electrons. The van der Waals surface area contributed by atoms with Gasteiger partial charge in [0.15, 0.2) is 0 Å². The van der Waals surface area contributed by atoms with Crippen LogP contribution in [0.5, 0.6) is 0 Å². The van der Waals surface area contributed by atoms with Gasteiger partial charge in [-0.3, -0.25) is 4.79 Å². The highest BCUT2D eigenvalue weighted by atomic mass is 16.3. The van der Waals surface area contributed by atoms with Crippen LogP contribution in [0.4, 0.5) is 0 Å². The maximum Gasteiger partial charge on any atom is 0.249 e. The third-order valence-corrected chi connectivity index (χ3v) is 10.4. The molecule has 0 heterocycles. The second-order valence-electron chi connectivity index (χ2n) is 15.4. The molecule has 0 aromatic carbocycles. The smallest absolute Gasteiger partial charge is 0.249 e. The van der Waals surface area contributed by atoms with Crippen LogP contribution in [0.3, 0.4) is 0 Å². The summed E-state index contributed by atoms with van der Waals surface area (Å²) in [4.78, 5) is 12.5. The molecule has 0 aromatic rings. The zero-order valence-corrected chi connectivity index (χ0v) is 33.9. The van der Waals surface area contributed by atoms with E-state index in [2.05, 4.69) is 43.5 Å². The SMILES string of the molecule is CCCCC/C=C\C=C/CCCCCCCCCCCC(O)C(=O)NC(CO)C(O)C(O)CCCCCCCCCCCCCCCCCCC. The highest BCUT2D eigenvalue weighted by molar-refractivity contribution is 5.80. The van der Waals surface area contributed by atoms with Gasteiger partial charge in [0.2, 0.25) is 5.91 Å². The lowest BCUT2D eigenvalue weighted by Gasteiger charge is -2.27. The fourth-order valence-electron chi connectivity index (χ4n) is 6.87. The van der Waals surface area contributed by atoms with Crippen molar-refractivity contribution in [1.29, 1.82) is 0 Å². The van der Waals surface area contributed by atoms with Crippen molar-refractivity contribution in [3.05, 3.63) is 24.3 Å². The molecule has 0 aliphatic rings. The standard InChI is InChI=1S/C45H87NO5/c1-3-5-7-9-11-13-15-17-19-21-23-25-27-29-31-33-35-37-39-43(49)45(51)46-41(40-47)44(50)42(48)38-36-34-32-30-28-26-24-22-20-18-16-14-12-10-8-6-4-2/h11,13,15,17,41-44,47-50H,3-10,12,14,16,18-40H2,1-2H3,(H,46,51)/b13-11-,17-15-. The van der Waals surface area contributed by atoms with Gasteiger partial charge >= 0.3 is 0 Å². The van der Waals surface area contributed by atoms with Gasteiger partial charge in [-0.05, 0) is 38.5 Å². The summed E-state index contributed by atoms with van der Waals surface area (Å²) in [6, 6.07) is -0.985. The van der Waals surface area contributed by atoms with Gasteiger partial charge in [-0.15, -0.1) is 0 Å². The second kappa shape index (κ2) is 40.0. The predicted octanol–water partition coefficient (Wildman–Crippen LogP) is 11.6. The van der Waals surface area contributed by atoms with E-state index in [1.54, 1.807) is 0 Å². The zero-order valence-electron chi connectivity index (χ0n) is 33.9. The first-order valence-corrected chi connectivity index (χ1v) is 22.2. The number of amides is 1. The summed E-state index contributed by atoms with van der Waals surface area (Å²) in [6.45, 7) is 4.03. The van der Waals surface area contributed by atoms with E-state index >= 15 is 0 Å². The van der Waals surface area contributed by atoms with Crippen molar-refractivity contribution in [2.45, 2.75) is 250 Å². The monoisotopic (exact) mass is 722 g/mol. The molecule has 4 unspecified atom stereocenters. The average Bonchev–Trinajstić information content (AvgIpc) is 3.13. The second-order valence-corrected chi connectivity index (χ2v) is 15.4. The Kier molecular flexibility index (Phi) is 39.0. The van der Waals surface area contributed by atoms with Crippen LogP contribution in [0.1, 0.15) is 226 Å². The number of hydrogen-bond acceptors (Lipinski definition) is 5. The molecule has 0 bridgehead atoms. The lowest BCUT2D eigenvalue weighted by molar-refractivity contribution is -0.132. The van der Waals surface area contributed by atoms with Crippen molar-refractivity contribution in [3.63, 3.8) is 0 Å². The number of nitrogens with one attached hydrogen (secondary N) is 1. The van der Waals surface area contributed by atoms with Crippen LogP contribution >= 0.6 is 0 Å². The van der Waals surface area contributed by atoms with E-state index in [9.17, 15) is 25.2 Å². The van der Waals surface area contributed by atoms with Gasteiger partial charge in [0, 0.05) is 0 Å². The zero-order chi connectivity index (χ0) is 37.5. The van der Waals surface area contributed by atoms with Crippen molar-refractivity contribution < 1.29 is 25.2 Å². The van der Waals surface area contributed by atoms with Crippen LogP contribution in [-0.4, -0.2) is 57.3 Å². The van der Waals surface area contributed by atoms with Crippen LogP contribution in [0.25, 0.3) is 0 Å². The van der Waals surface area contributed by atoms with Gasteiger partial charge in [0.05, 0.1) is 18.8 Å². The van der Waals surface area contributed by atoms with E-state index in [0.29, 0.717) is 12.8 Å². The number of allylic oxidation sites excluding steroid dienone is 4. The Morgan fingerprint density at radius 2 is 0.824 bits per heavy atom. The number of rotatable bonds is 40. The third-order valence-electron chi connectivity index (χ3n) is 10.4. The van der Waals surface area contributed by atoms with E-state index in [1.807, 2.05) is 0 Å². The molecule has 51 heavy (non-hydrogen) atoms. The van der Waals surface area contributed by atoms with Gasteiger partial charge < -0.3 is 25.7 Å². The fourth-order valence-corrected chi connectivity index (χ4v) is 6.87. The summed E-state index contributed by atoms with van der Waals surface area (Å²) < 4.78 is 0. The predicted molar refractivity (Wildman–Crippen MR) is 219 cm³/mol. The summed E-state index contributed by atoms with van der Waals surface area (Å²) in [6.07, 6.45) is 44.8. The van der Waals surface area contributed by atoms with E-state index in [4.69, 9.17) is 0 Å². The third kappa shape index (κ3) is 34.3. The Balaban J connectivity index is 3.74. The molecule has 1 amide bonds. The molecule has 6 nitrogen and oxygen atoms in total. The first-order valence-electron chi connectivity index (χ1n) is 22.2. The summed E-state index contributed by atoms with van der Waals surface area (Å²) in [7, 11) is 0. The lowest BCUT2D eigenvalue weighted by Crippen LogP contribution is -2.53. The Bertz CT molecular complexity index is 772. The summed E-state index contributed by atoms with van der Waals surface area (Å²) in [5, 5.41) is 43.7. The molecule has 0 rings (SSSR count). The maximum atomic E-state index is 12.5. The molecule has 0 spiro atoms. The molecule has 0 saturated carbocycles. The minimum absolute atomic E-state index is 0.364. The average molecular weight is 722 g/mol. The first-order chi connectivity index (χ1) is 25.0. The van der Waals surface area contributed by atoms with E-state index in [0.717, 1.165) is 44.9 Å². The minimum atomic E-state index is -1.26. The highest BCUT2D eigenvalue weighted by Gasteiger charge is 2.28. The van der Waals surface area contributed by atoms with Gasteiger partial charge in [0.1, 0.15) is 12.2 Å². The number of aliphatic hydroxyl groups excluding tert-OH is 4. The maximum absolute atomic E-state index is 12.5. The van der Waals surface area contributed by atoms with Crippen LogP contribution < -0.4 is 5.32 Å². The van der Waals surface area contributed by atoms with Crippen LogP contribution in [0.2, 0.25) is 0 Å². The van der Waals surface area contributed by atoms with Crippen molar-refractivity contribution in [2.75, 3.05) is 6.61 Å². The Labute approximate surface area is 316 Å². The highest BCUT2D eigenvalue weighted by Crippen LogP contribution is 2.17. The van der Waals surface area contributed by atoms with Crippen LogP contribution in [0, 0.1) is 0 Å². The van der Waals surface area contributed by atoms with E-state index in [-0.39, 0.29) is 0 Å². The number of hydrogen-bond donors (Lipinski definition) is 5. The number of carbonyl (C=O) groups excluding carboxylic acids is 1. The lowest BCUT2D eigenvalue weighted by atomic mass is 9.99. The molecule has 4 atom stereocenters. The first kappa shape index (κ1) is 49.8. The van der Waals surface area contributed by atoms with Crippen molar-refractivity contribution >= 4 is 5.91 Å². The minimum Gasteiger partial charge on any atom is -0.394 e. The summed E-state index contributed by atoms with van der Waals surface area (Å²) >= 11 is 0. The molecule has 0 radical (unpaired) electrons. The van der Waals surface area contributed by atoms with Crippen molar-refractivity contribution in [2.24, 2.45) is 0 Å². The van der Waals surface area contributed by atoms with Gasteiger partial charge in [-0.1, -0.05) is 212 Å². The number of aliphatic hydroxyl groups is 4. The number of unbranched alkanes of at least 4 members (excludes halogenated alkanes) is 28. The van der Waals surface area contributed by atoms with Crippen molar-refractivity contribution in [1.82, 2.24) is 5.32 Å². The van der Waals surface area contributed by atoms with Crippen LogP contribution in [-0.2, 0) is 4.79 Å². The largest absolute Gasteiger partial charge is 0.394 e. The molecular formula is C45H87NO5. The molecule has 0 aromatic heterocycles.